The molecule has 0 heterocycles. The van der Waals surface area contributed by atoms with Gasteiger partial charge >= 0.3 is 0 Å². The Bertz CT molecular complexity index is 374. The second-order valence-corrected chi connectivity index (χ2v) is 3.28. The van der Waals surface area contributed by atoms with Crippen LogP contribution in [-0.2, 0) is 4.74 Å². The summed E-state index contributed by atoms with van der Waals surface area (Å²) in [5.41, 5.74) is 0.757. The second-order valence-electron chi connectivity index (χ2n) is 3.28. The van der Waals surface area contributed by atoms with Crippen molar-refractivity contribution in [1.82, 2.24) is 0 Å². The van der Waals surface area contributed by atoms with Crippen molar-refractivity contribution in [3.05, 3.63) is 29.6 Å². The largest absolute Gasteiger partial charge is 0.383 e. The topological polar surface area (TPSA) is 45.0 Å². The molecule has 1 aromatic rings. The average molecular weight is 222 g/mol. The van der Waals surface area contributed by atoms with Gasteiger partial charge in [0.2, 0.25) is 0 Å². The van der Waals surface area contributed by atoms with Gasteiger partial charge in [-0.2, -0.15) is 5.26 Å². The van der Waals surface area contributed by atoms with Gasteiger partial charge in [-0.1, -0.05) is 0 Å². The van der Waals surface area contributed by atoms with Crippen LogP contribution in [0.15, 0.2) is 18.2 Å². The van der Waals surface area contributed by atoms with Crippen molar-refractivity contribution in [2.45, 2.75) is 13.3 Å². The molecule has 0 aliphatic carbocycles. The maximum Gasteiger partial charge on any atom is 0.147 e. The van der Waals surface area contributed by atoms with Crippen LogP contribution in [0, 0.1) is 17.1 Å². The van der Waals surface area contributed by atoms with E-state index in [0.717, 1.165) is 6.42 Å². The molecule has 0 bridgehead atoms. The molecular weight excluding hydrogens is 207 g/mol. The van der Waals surface area contributed by atoms with E-state index in [-0.39, 0.29) is 0 Å². The van der Waals surface area contributed by atoms with Crippen LogP contribution in [0.4, 0.5) is 10.1 Å². The third-order valence-corrected chi connectivity index (χ3v) is 2.08. The molecule has 16 heavy (non-hydrogen) atoms. The van der Waals surface area contributed by atoms with Crippen LogP contribution in [0.1, 0.15) is 18.9 Å². The molecule has 1 aromatic carbocycles. The van der Waals surface area contributed by atoms with E-state index in [9.17, 15) is 4.39 Å². The number of hydrogen-bond donors (Lipinski definition) is 1. The van der Waals surface area contributed by atoms with Gasteiger partial charge in [0, 0.05) is 19.8 Å². The molecule has 86 valence electrons. The smallest absolute Gasteiger partial charge is 0.147 e. The Balaban J connectivity index is 2.40. The summed E-state index contributed by atoms with van der Waals surface area (Å²) in [5, 5.41) is 11.5. The molecule has 0 aliphatic heterocycles. The standard InChI is InChI=1S/C12H15FN2O/c1-2-16-7-3-6-15-12-5-4-10(9-14)8-11(12)13/h4-5,8,15H,2-3,6-7H2,1H3. The molecule has 0 amide bonds. The Morgan fingerprint density at radius 2 is 2.31 bits per heavy atom. The number of anilines is 1. The fourth-order valence-corrected chi connectivity index (χ4v) is 1.27. The third kappa shape index (κ3) is 3.87. The van der Waals surface area contributed by atoms with E-state index in [4.69, 9.17) is 10.00 Å². The van der Waals surface area contributed by atoms with Crippen molar-refractivity contribution in [3.63, 3.8) is 0 Å². The van der Waals surface area contributed by atoms with Gasteiger partial charge in [0.05, 0.1) is 17.3 Å². The van der Waals surface area contributed by atoms with Crippen LogP contribution in [0.3, 0.4) is 0 Å². The molecule has 0 fully saturated rings. The number of benzene rings is 1. The molecule has 1 N–H and O–H groups in total. The molecule has 0 saturated heterocycles. The van der Waals surface area contributed by atoms with Gasteiger partial charge in [-0.25, -0.2) is 4.39 Å². The predicted molar refractivity (Wildman–Crippen MR) is 60.7 cm³/mol. The Kier molecular flexibility index (Phi) is 5.30. The first-order chi connectivity index (χ1) is 7.77. The summed E-state index contributed by atoms with van der Waals surface area (Å²) in [5.74, 6) is -0.393. The van der Waals surface area contributed by atoms with E-state index < -0.39 is 5.82 Å². The van der Waals surface area contributed by atoms with Crippen molar-refractivity contribution in [2.75, 3.05) is 25.1 Å². The van der Waals surface area contributed by atoms with Crippen LogP contribution in [-0.4, -0.2) is 19.8 Å². The number of halogens is 1. The van der Waals surface area contributed by atoms with E-state index in [0.29, 0.717) is 31.0 Å². The minimum Gasteiger partial charge on any atom is -0.383 e. The van der Waals surface area contributed by atoms with Gasteiger partial charge in [-0.15, -0.1) is 0 Å². The fraction of sp³-hybridized carbons (Fsp3) is 0.417. The van der Waals surface area contributed by atoms with Crippen LogP contribution in [0.2, 0.25) is 0 Å². The molecule has 1 rings (SSSR count). The summed E-state index contributed by atoms with van der Waals surface area (Å²) < 4.78 is 18.5. The molecule has 0 saturated carbocycles. The highest BCUT2D eigenvalue weighted by Gasteiger charge is 2.02. The number of rotatable bonds is 6. The SMILES string of the molecule is CCOCCCNc1ccc(C#N)cc1F. The summed E-state index contributed by atoms with van der Waals surface area (Å²) >= 11 is 0. The van der Waals surface area contributed by atoms with Gasteiger partial charge < -0.3 is 10.1 Å². The first kappa shape index (κ1) is 12.5. The Morgan fingerprint density at radius 3 is 2.94 bits per heavy atom. The Morgan fingerprint density at radius 1 is 1.50 bits per heavy atom. The Hall–Kier alpha value is -1.60. The molecule has 0 spiro atoms. The number of nitriles is 1. The van der Waals surface area contributed by atoms with Crippen molar-refractivity contribution in [2.24, 2.45) is 0 Å². The van der Waals surface area contributed by atoms with Crippen LogP contribution >= 0.6 is 0 Å². The van der Waals surface area contributed by atoms with Crippen molar-refractivity contribution < 1.29 is 9.13 Å². The number of nitrogens with one attached hydrogen (secondary N) is 1. The normalized spacial score (nSPS) is 9.81. The summed E-state index contributed by atoms with van der Waals surface area (Å²) in [7, 11) is 0. The molecule has 0 unspecified atom stereocenters. The number of hydrogen-bond acceptors (Lipinski definition) is 3. The van der Waals surface area contributed by atoms with Gasteiger partial charge in [0.25, 0.3) is 0 Å². The third-order valence-electron chi connectivity index (χ3n) is 2.08. The lowest BCUT2D eigenvalue weighted by atomic mass is 10.2. The fourth-order valence-electron chi connectivity index (χ4n) is 1.27. The lowest BCUT2D eigenvalue weighted by Gasteiger charge is -2.07. The number of ether oxygens (including phenoxy) is 1. The summed E-state index contributed by atoms with van der Waals surface area (Å²) in [6.07, 6.45) is 0.827. The van der Waals surface area contributed by atoms with Gasteiger partial charge in [0.15, 0.2) is 0 Å². The zero-order chi connectivity index (χ0) is 11.8. The van der Waals surface area contributed by atoms with Crippen molar-refractivity contribution >= 4 is 5.69 Å². The van der Waals surface area contributed by atoms with E-state index in [1.54, 1.807) is 12.1 Å². The first-order valence-electron chi connectivity index (χ1n) is 5.29. The molecular formula is C12H15FN2O. The zero-order valence-corrected chi connectivity index (χ0v) is 9.29. The monoisotopic (exact) mass is 222 g/mol. The summed E-state index contributed by atoms with van der Waals surface area (Å²) in [4.78, 5) is 0. The molecule has 0 atom stereocenters. The lowest BCUT2D eigenvalue weighted by Crippen LogP contribution is -2.06. The lowest BCUT2D eigenvalue weighted by molar-refractivity contribution is 0.147. The minimum atomic E-state index is -0.393. The predicted octanol–water partition coefficient (Wildman–Crippen LogP) is 2.54. The summed E-state index contributed by atoms with van der Waals surface area (Å²) in [6.45, 7) is 3.96. The second kappa shape index (κ2) is 6.81. The molecule has 0 aromatic heterocycles. The highest BCUT2D eigenvalue weighted by Crippen LogP contribution is 2.14. The highest BCUT2D eigenvalue weighted by molar-refractivity contribution is 5.48. The van der Waals surface area contributed by atoms with E-state index in [2.05, 4.69) is 5.32 Å². The molecule has 4 heteroatoms. The van der Waals surface area contributed by atoms with Crippen molar-refractivity contribution in [3.8, 4) is 6.07 Å². The van der Waals surface area contributed by atoms with Crippen LogP contribution < -0.4 is 5.32 Å². The maximum absolute atomic E-state index is 13.4. The van der Waals surface area contributed by atoms with Gasteiger partial charge in [0.1, 0.15) is 5.82 Å². The first-order valence-corrected chi connectivity index (χ1v) is 5.29. The van der Waals surface area contributed by atoms with E-state index >= 15 is 0 Å². The maximum atomic E-state index is 13.4. The highest BCUT2D eigenvalue weighted by atomic mass is 19.1. The quantitative estimate of drug-likeness (QED) is 0.752. The zero-order valence-electron chi connectivity index (χ0n) is 9.29. The number of nitrogens with zero attached hydrogens (tertiary/aromatic N) is 1. The molecule has 0 radical (unpaired) electrons. The van der Waals surface area contributed by atoms with Crippen LogP contribution in [0.5, 0.6) is 0 Å². The Labute approximate surface area is 94.8 Å². The minimum absolute atomic E-state index is 0.331. The average Bonchev–Trinajstić information content (AvgIpc) is 2.30. The summed E-state index contributed by atoms with van der Waals surface area (Å²) in [6, 6.07) is 6.29. The van der Waals surface area contributed by atoms with Crippen molar-refractivity contribution in [1.29, 1.82) is 5.26 Å². The molecule has 0 aliphatic rings. The van der Waals surface area contributed by atoms with Gasteiger partial charge in [-0.3, -0.25) is 0 Å². The van der Waals surface area contributed by atoms with Gasteiger partial charge in [-0.05, 0) is 31.5 Å². The molecule has 3 nitrogen and oxygen atoms in total. The van der Waals surface area contributed by atoms with E-state index in [1.807, 2.05) is 13.0 Å². The van der Waals surface area contributed by atoms with Crippen LogP contribution in [0.25, 0.3) is 0 Å². The van der Waals surface area contributed by atoms with E-state index in [1.165, 1.54) is 6.07 Å².